The van der Waals surface area contributed by atoms with Crippen molar-refractivity contribution in [2.24, 2.45) is 16.1 Å². The third kappa shape index (κ3) is 2.91. The Kier molecular flexibility index (Phi) is 4.49. The number of hydrogen-bond acceptors (Lipinski definition) is 4. The molecular weight excluding hydrogens is 396 g/mol. The normalized spacial score (nSPS) is 29.0. The molecule has 1 saturated carbocycles. The van der Waals surface area contributed by atoms with Gasteiger partial charge in [0.05, 0.1) is 17.7 Å². The minimum atomic E-state index is -0.864. The van der Waals surface area contributed by atoms with Crippen LogP contribution in [0.25, 0.3) is 11.1 Å². The lowest BCUT2D eigenvalue weighted by Gasteiger charge is -2.45. The second-order valence-corrected chi connectivity index (χ2v) is 8.86. The van der Waals surface area contributed by atoms with E-state index in [1.165, 1.54) is 12.1 Å². The molecule has 2 aliphatic carbocycles. The molecule has 0 saturated heterocycles. The number of rotatable bonds is 2. The van der Waals surface area contributed by atoms with Gasteiger partial charge in [-0.1, -0.05) is 12.1 Å². The first-order chi connectivity index (χ1) is 14.9. The van der Waals surface area contributed by atoms with E-state index in [4.69, 9.17) is 15.5 Å². The summed E-state index contributed by atoms with van der Waals surface area (Å²) in [7, 11) is 1.73. The Morgan fingerprint density at radius 2 is 1.90 bits per heavy atom. The molecule has 1 aliphatic heterocycles. The van der Waals surface area contributed by atoms with Crippen molar-refractivity contribution in [2.75, 3.05) is 7.11 Å². The van der Waals surface area contributed by atoms with Crippen molar-refractivity contribution in [3.8, 4) is 17.2 Å². The van der Waals surface area contributed by atoms with Crippen LogP contribution in [0.4, 0.5) is 8.78 Å². The lowest BCUT2D eigenvalue weighted by Crippen LogP contribution is -2.43. The summed E-state index contributed by atoms with van der Waals surface area (Å²) in [4.78, 5) is 4.72. The van der Waals surface area contributed by atoms with E-state index in [1.807, 2.05) is 24.3 Å². The third-order valence-corrected chi connectivity index (χ3v) is 7.32. The molecule has 2 N–H and O–H groups in total. The molecule has 4 nitrogen and oxygen atoms in total. The summed E-state index contributed by atoms with van der Waals surface area (Å²) >= 11 is 0. The van der Waals surface area contributed by atoms with Crippen LogP contribution in [-0.4, -0.2) is 19.0 Å². The highest BCUT2D eigenvalue weighted by Crippen LogP contribution is 2.62. The highest BCUT2D eigenvalue weighted by molar-refractivity contribution is 5.98. The van der Waals surface area contributed by atoms with Crippen LogP contribution in [-0.2, 0) is 16.7 Å². The molecule has 3 aliphatic rings. The minimum absolute atomic E-state index is 0.0657. The smallest absolute Gasteiger partial charge is 0.163 e. The van der Waals surface area contributed by atoms with Gasteiger partial charge in [0.15, 0.2) is 11.7 Å². The van der Waals surface area contributed by atoms with Crippen LogP contribution in [0.1, 0.15) is 42.4 Å². The summed E-state index contributed by atoms with van der Waals surface area (Å²) in [5, 5.41) is 9.21. The first kappa shape index (κ1) is 19.9. The van der Waals surface area contributed by atoms with Gasteiger partial charge in [0.1, 0.15) is 11.4 Å². The zero-order valence-corrected chi connectivity index (χ0v) is 17.3. The number of nitriles is 1. The van der Waals surface area contributed by atoms with Crippen LogP contribution in [0.3, 0.4) is 0 Å². The van der Waals surface area contributed by atoms with Gasteiger partial charge in [-0.15, -0.1) is 0 Å². The van der Waals surface area contributed by atoms with Crippen molar-refractivity contribution in [2.45, 2.75) is 43.7 Å². The van der Waals surface area contributed by atoms with Crippen molar-refractivity contribution in [1.29, 1.82) is 5.26 Å². The summed E-state index contributed by atoms with van der Waals surface area (Å²) in [6.45, 7) is 0. The lowest BCUT2D eigenvalue weighted by molar-refractivity contribution is 0.00815. The summed E-state index contributed by atoms with van der Waals surface area (Å²) in [6.07, 6.45) is 6.06. The Balaban J connectivity index is 1.65. The number of nitrogens with two attached hydrogens (primary N) is 1. The first-order valence-corrected chi connectivity index (χ1v) is 10.5. The van der Waals surface area contributed by atoms with Crippen LogP contribution in [0.5, 0.6) is 0 Å². The van der Waals surface area contributed by atoms with Gasteiger partial charge in [-0.2, -0.15) is 5.26 Å². The molecule has 2 aromatic rings. The van der Waals surface area contributed by atoms with Crippen LogP contribution in [0.2, 0.25) is 0 Å². The van der Waals surface area contributed by atoms with Crippen LogP contribution in [0.15, 0.2) is 53.3 Å². The van der Waals surface area contributed by atoms with Crippen LogP contribution >= 0.6 is 0 Å². The Labute approximate surface area is 180 Å². The molecule has 6 heteroatoms. The molecular formula is C25H23F2N3O. The molecule has 0 radical (unpaired) electrons. The highest BCUT2D eigenvalue weighted by Gasteiger charge is 2.59. The number of benzene rings is 2. The fourth-order valence-electron chi connectivity index (χ4n) is 5.75. The molecule has 1 unspecified atom stereocenters. The zero-order chi connectivity index (χ0) is 21.8. The molecule has 158 valence electrons. The van der Waals surface area contributed by atoms with Crippen LogP contribution in [0, 0.1) is 22.6 Å². The number of hydrogen-bond donors (Lipinski definition) is 1. The van der Waals surface area contributed by atoms with Crippen molar-refractivity contribution >= 4 is 5.84 Å². The van der Waals surface area contributed by atoms with Crippen molar-refractivity contribution in [3.05, 3.63) is 70.8 Å². The number of methoxy groups -OCH3 is 1. The van der Waals surface area contributed by atoms with E-state index in [9.17, 15) is 14.0 Å². The molecule has 1 heterocycles. The van der Waals surface area contributed by atoms with Gasteiger partial charge in [-0.25, -0.2) is 13.8 Å². The molecule has 0 amide bonds. The number of fused-ring (bicyclic) bond motifs is 3. The molecule has 5 rings (SSSR count). The Hall–Kier alpha value is -3.04. The van der Waals surface area contributed by atoms with Crippen molar-refractivity contribution in [3.63, 3.8) is 0 Å². The van der Waals surface area contributed by atoms with Gasteiger partial charge in [-0.3, -0.25) is 0 Å². The Bertz CT molecular complexity index is 1150. The maximum absolute atomic E-state index is 14.7. The van der Waals surface area contributed by atoms with Gasteiger partial charge in [0, 0.05) is 12.5 Å². The Morgan fingerprint density at radius 3 is 2.55 bits per heavy atom. The van der Waals surface area contributed by atoms with E-state index in [2.05, 4.69) is 0 Å². The number of ether oxygens (including phenoxy) is 1. The van der Waals surface area contributed by atoms with Gasteiger partial charge < -0.3 is 10.5 Å². The average molecular weight is 419 g/mol. The topological polar surface area (TPSA) is 71.4 Å². The third-order valence-electron chi connectivity index (χ3n) is 7.32. The maximum Gasteiger partial charge on any atom is 0.163 e. The molecule has 2 spiro atoms. The quantitative estimate of drug-likeness (QED) is 0.751. The number of aliphatic imine (C=N–C) groups is 1. The van der Waals surface area contributed by atoms with E-state index >= 15 is 0 Å². The summed E-state index contributed by atoms with van der Waals surface area (Å²) < 4.78 is 34.3. The summed E-state index contributed by atoms with van der Waals surface area (Å²) in [6, 6.07) is 12.2. The highest BCUT2D eigenvalue weighted by atomic mass is 19.1. The summed E-state index contributed by atoms with van der Waals surface area (Å²) in [5.74, 6) is -1.01. The minimum Gasteiger partial charge on any atom is -0.382 e. The SMILES string of the molecule is COC1CCC2(CC1)Cc1ccc(-c3cc(F)cc(C#N)c3)cc1C21C=C(F)C(N)=N1. The predicted molar refractivity (Wildman–Crippen MR) is 114 cm³/mol. The van der Waals surface area contributed by atoms with E-state index in [-0.39, 0.29) is 22.9 Å². The van der Waals surface area contributed by atoms with Gasteiger partial charge >= 0.3 is 0 Å². The zero-order valence-electron chi connectivity index (χ0n) is 17.3. The van der Waals surface area contributed by atoms with Crippen molar-refractivity contribution < 1.29 is 13.5 Å². The number of nitrogens with zero attached hydrogens (tertiary/aromatic N) is 2. The monoisotopic (exact) mass is 419 g/mol. The van der Waals surface area contributed by atoms with E-state index < -0.39 is 17.2 Å². The molecule has 0 bridgehead atoms. The molecule has 1 fully saturated rings. The van der Waals surface area contributed by atoms with E-state index in [1.54, 1.807) is 19.3 Å². The Morgan fingerprint density at radius 1 is 1.13 bits per heavy atom. The fourth-order valence-corrected chi connectivity index (χ4v) is 5.75. The largest absolute Gasteiger partial charge is 0.382 e. The van der Waals surface area contributed by atoms with Gasteiger partial charge in [-0.05, 0) is 84.7 Å². The first-order valence-electron chi connectivity index (χ1n) is 10.5. The van der Waals surface area contributed by atoms with Gasteiger partial charge in [0.25, 0.3) is 0 Å². The maximum atomic E-state index is 14.7. The van der Waals surface area contributed by atoms with Crippen molar-refractivity contribution in [1.82, 2.24) is 0 Å². The van der Waals surface area contributed by atoms with Gasteiger partial charge in [0.2, 0.25) is 0 Å². The van der Waals surface area contributed by atoms with E-state index in [0.29, 0.717) is 5.56 Å². The predicted octanol–water partition coefficient (Wildman–Crippen LogP) is 4.92. The average Bonchev–Trinajstić information content (AvgIpc) is 3.21. The lowest BCUT2D eigenvalue weighted by atomic mass is 9.62. The molecule has 1 atom stereocenters. The molecule has 0 aromatic heterocycles. The fraction of sp³-hybridized carbons (Fsp3) is 0.360. The van der Waals surface area contributed by atoms with Crippen LogP contribution < -0.4 is 5.73 Å². The van der Waals surface area contributed by atoms with E-state index in [0.717, 1.165) is 48.8 Å². The second-order valence-electron chi connectivity index (χ2n) is 8.86. The number of halogens is 2. The molecule has 2 aromatic carbocycles. The second kappa shape index (κ2) is 7.00. The molecule has 31 heavy (non-hydrogen) atoms. The summed E-state index contributed by atoms with van der Waals surface area (Å²) in [5.41, 5.74) is 8.47. The standard InChI is InChI=1S/C25H23F2N3O/c1-31-20-4-6-24(7-5-20)12-17-3-2-16(18-8-15(14-28)9-19(26)10-18)11-21(17)25(24)13-22(27)23(29)30-25/h2-3,8-11,13,20H,4-7,12H2,1H3,(H2,29,30). The number of amidine groups is 1.